The maximum Gasteiger partial charge on any atom is 0.243 e. The number of anilines is 1. The van der Waals surface area contributed by atoms with Crippen molar-refractivity contribution in [1.29, 1.82) is 0 Å². The first-order valence-electron chi connectivity index (χ1n) is 8.80. The van der Waals surface area contributed by atoms with Crippen molar-refractivity contribution in [3.63, 3.8) is 0 Å². The number of carbonyl (C=O) groups is 1. The number of sulfonamides is 1. The predicted molar refractivity (Wildman–Crippen MR) is 104 cm³/mol. The molecule has 6 nitrogen and oxygen atoms in total. The SMILES string of the molecule is CC(=O)Nc1ccc(S(=O)(=O)N(C)CC2Cc3ccccc3CO2)c(C)c1. The van der Waals surface area contributed by atoms with Gasteiger partial charge in [0, 0.05) is 32.6 Å². The molecule has 1 aliphatic rings. The number of likely N-dealkylation sites (N-methyl/N-ethyl adjacent to an activating group) is 1. The quantitative estimate of drug-likeness (QED) is 0.855. The smallest absolute Gasteiger partial charge is 0.243 e. The van der Waals surface area contributed by atoms with E-state index >= 15 is 0 Å². The zero-order chi connectivity index (χ0) is 19.6. The Hall–Kier alpha value is -2.22. The maximum atomic E-state index is 13.0. The van der Waals surface area contributed by atoms with Crippen molar-refractivity contribution in [2.75, 3.05) is 18.9 Å². The number of carbonyl (C=O) groups excluding carboxylic acids is 1. The van der Waals surface area contributed by atoms with Crippen LogP contribution in [0.3, 0.4) is 0 Å². The average Bonchev–Trinajstić information content (AvgIpc) is 2.61. The van der Waals surface area contributed by atoms with E-state index in [1.165, 1.54) is 22.9 Å². The lowest BCUT2D eigenvalue weighted by molar-refractivity contribution is -0.114. The summed E-state index contributed by atoms with van der Waals surface area (Å²) in [7, 11) is -2.08. The molecule has 2 aromatic rings. The average molecular weight is 388 g/mol. The fourth-order valence-electron chi connectivity index (χ4n) is 3.30. The normalized spacial score (nSPS) is 16.8. The van der Waals surface area contributed by atoms with Crippen LogP contribution in [-0.4, -0.2) is 38.3 Å². The van der Waals surface area contributed by atoms with Crippen LogP contribution in [-0.2, 0) is 32.6 Å². The molecule has 1 N–H and O–H groups in total. The summed E-state index contributed by atoms with van der Waals surface area (Å²) in [6.07, 6.45) is 0.509. The minimum absolute atomic E-state index is 0.182. The summed E-state index contributed by atoms with van der Waals surface area (Å²) in [5, 5.41) is 2.66. The van der Waals surface area contributed by atoms with E-state index in [2.05, 4.69) is 11.4 Å². The highest BCUT2D eigenvalue weighted by Gasteiger charge is 2.28. The van der Waals surface area contributed by atoms with Gasteiger partial charge in [0.25, 0.3) is 0 Å². The number of nitrogens with one attached hydrogen (secondary N) is 1. The number of rotatable bonds is 5. The number of aryl methyl sites for hydroxylation is 1. The molecule has 0 aliphatic carbocycles. The lowest BCUT2D eigenvalue weighted by Gasteiger charge is -2.29. The van der Waals surface area contributed by atoms with Gasteiger partial charge in [0.2, 0.25) is 15.9 Å². The zero-order valence-corrected chi connectivity index (χ0v) is 16.5. The molecule has 0 fully saturated rings. The number of fused-ring (bicyclic) bond motifs is 1. The van der Waals surface area contributed by atoms with E-state index in [9.17, 15) is 13.2 Å². The van der Waals surface area contributed by atoms with Crippen LogP contribution >= 0.6 is 0 Å². The molecule has 0 spiro atoms. The zero-order valence-electron chi connectivity index (χ0n) is 15.7. The second-order valence-electron chi connectivity index (χ2n) is 6.85. The van der Waals surface area contributed by atoms with Crippen molar-refractivity contribution in [3.05, 3.63) is 59.2 Å². The van der Waals surface area contributed by atoms with Crippen molar-refractivity contribution >= 4 is 21.6 Å². The largest absolute Gasteiger partial charge is 0.372 e. The summed E-state index contributed by atoms with van der Waals surface area (Å²) in [5.41, 5.74) is 3.52. The fourth-order valence-corrected chi connectivity index (χ4v) is 4.70. The van der Waals surface area contributed by atoms with Gasteiger partial charge in [-0.1, -0.05) is 24.3 Å². The Morgan fingerprint density at radius 1 is 1.22 bits per heavy atom. The Morgan fingerprint density at radius 2 is 1.93 bits per heavy atom. The first-order chi connectivity index (χ1) is 12.8. The van der Waals surface area contributed by atoms with Gasteiger partial charge < -0.3 is 10.1 Å². The van der Waals surface area contributed by atoms with Crippen LogP contribution in [0.4, 0.5) is 5.69 Å². The summed E-state index contributed by atoms with van der Waals surface area (Å²) in [5.74, 6) is -0.197. The van der Waals surface area contributed by atoms with E-state index in [1.807, 2.05) is 18.2 Å². The van der Waals surface area contributed by atoms with Crippen LogP contribution in [0, 0.1) is 6.92 Å². The lowest BCUT2D eigenvalue weighted by atomic mass is 9.99. The summed E-state index contributed by atoms with van der Waals surface area (Å²) < 4.78 is 33.2. The molecule has 0 saturated heterocycles. The number of hydrogen-bond donors (Lipinski definition) is 1. The van der Waals surface area contributed by atoms with E-state index in [0.717, 1.165) is 5.56 Å². The number of amides is 1. The molecule has 27 heavy (non-hydrogen) atoms. The van der Waals surface area contributed by atoms with E-state index in [4.69, 9.17) is 4.74 Å². The summed E-state index contributed by atoms with van der Waals surface area (Å²) in [6.45, 7) is 3.91. The van der Waals surface area contributed by atoms with Gasteiger partial charge in [-0.15, -0.1) is 0 Å². The summed E-state index contributed by atoms with van der Waals surface area (Å²) in [4.78, 5) is 11.4. The number of ether oxygens (including phenoxy) is 1. The molecule has 1 amide bonds. The van der Waals surface area contributed by atoms with Crippen molar-refractivity contribution in [1.82, 2.24) is 4.31 Å². The van der Waals surface area contributed by atoms with E-state index in [1.54, 1.807) is 26.1 Å². The van der Waals surface area contributed by atoms with E-state index in [0.29, 0.717) is 24.3 Å². The Balaban J connectivity index is 1.74. The predicted octanol–water partition coefficient (Wildman–Crippen LogP) is 2.72. The standard InChI is InChI=1S/C20H24N2O4S/c1-14-10-18(21-15(2)23)8-9-20(14)27(24,25)22(3)12-19-11-16-6-4-5-7-17(16)13-26-19/h4-10,19H,11-13H2,1-3H3,(H,21,23). The van der Waals surface area contributed by atoms with Gasteiger partial charge in [-0.3, -0.25) is 4.79 Å². The minimum atomic E-state index is -3.65. The van der Waals surface area contributed by atoms with Gasteiger partial charge in [-0.05, 0) is 41.8 Å². The van der Waals surface area contributed by atoms with Gasteiger partial charge in [-0.2, -0.15) is 4.31 Å². The summed E-state index contributed by atoms with van der Waals surface area (Å²) in [6, 6.07) is 12.9. The first kappa shape index (κ1) is 19.5. The maximum absolute atomic E-state index is 13.0. The lowest BCUT2D eigenvalue weighted by Crippen LogP contribution is -2.38. The molecule has 1 aliphatic heterocycles. The second kappa shape index (κ2) is 7.80. The van der Waals surface area contributed by atoms with Crippen molar-refractivity contribution < 1.29 is 17.9 Å². The van der Waals surface area contributed by atoms with Crippen molar-refractivity contribution in [2.45, 2.75) is 37.9 Å². The molecular formula is C20H24N2O4S. The van der Waals surface area contributed by atoms with Gasteiger partial charge in [0.05, 0.1) is 17.6 Å². The monoisotopic (exact) mass is 388 g/mol. The molecule has 1 unspecified atom stereocenters. The van der Waals surface area contributed by atoms with Crippen molar-refractivity contribution in [2.24, 2.45) is 0 Å². The third-order valence-corrected chi connectivity index (χ3v) is 6.67. The fraction of sp³-hybridized carbons (Fsp3) is 0.350. The molecule has 144 valence electrons. The van der Waals surface area contributed by atoms with Crippen LogP contribution in [0.5, 0.6) is 0 Å². The van der Waals surface area contributed by atoms with Crippen molar-refractivity contribution in [3.8, 4) is 0 Å². The number of benzene rings is 2. The van der Waals surface area contributed by atoms with Gasteiger partial charge in [-0.25, -0.2) is 8.42 Å². The molecule has 0 aromatic heterocycles. The molecule has 3 rings (SSSR count). The Kier molecular flexibility index (Phi) is 5.64. The van der Waals surface area contributed by atoms with Crippen LogP contribution < -0.4 is 5.32 Å². The molecular weight excluding hydrogens is 364 g/mol. The Labute approximate surface area is 160 Å². The molecule has 0 bridgehead atoms. The molecule has 0 saturated carbocycles. The minimum Gasteiger partial charge on any atom is -0.372 e. The van der Waals surface area contributed by atoms with Crippen LogP contribution in [0.15, 0.2) is 47.4 Å². The molecule has 0 radical (unpaired) electrons. The Morgan fingerprint density at radius 3 is 2.59 bits per heavy atom. The van der Waals surface area contributed by atoms with Gasteiger partial charge in [0.1, 0.15) is 0 Å². The van der Waals surface area contributed by atoms with Gasteiger partial charge >= 0.3 is 0 Å². The third-order valence-electron chi connectivity index (χ3n) is 4.68. The van der Waals surface area contributed by atoms with Crippen LogP contribution in [0.25, 0.3) is 0 Å². The molecule has 1 atom stereocenters. The topological polar surface area (TPSA) is 75.7 Å². The highest BCUT2D eigenvalue weighted by molar-refractivity contribution is 7.89. The van der Waals surface area contributed by atoms with E-state index in [-0.39, 0.29) is 23.5 Å². The van der Waals surface area contributed by atoms with Crippen LogP contribution in [0.1, 0.15) is 23.6 Å². The summed E-state index contributed by atoms with van der Waals surface area (Å²) >= 11 is 0. The van der Waals surface area contributed by atoms with Crippen LogP contribution in [0.2, 0.25) is 0 Å². The highest BCUT2D eigenvalue weighted by Crippen LogP contribution is 2.25. The van der Waals surface area contributed by atoms with E-state index < -0.39 is 10.0 Å². The second-order valence-corrected chi connectivity index (χ2v) is 8.87. The first-order valence-corrected chi connectivity index (χ1v) is 10.2. The molecule has 7 heteroatoms. The number of hydrogen-bond acceptors (Lipinski definition) is 4. The third kappa shape index (κ3) is 4.37. The molecule has 1 heterocycles. The Bertz CT molecular complexity index is 956. The molecule has 2 aromatic carbocycles. The number of nitrogens with zero attached hydrogens (tertiary/aromatic N) is 1. The van der Waals surface area contributed by atoms with Gasteiger partial charge in [0.15, 0.2) is 0 Å². The highest BCUT2D eigenvalue weighted by atomic mass is 32.2.